The molecule has 7 nitrogen and oxygen atoms in total. The number of rotatable bonds is 6. The van der Waals surface area contributed by atoms with E-state index in [2.05, 4.69) is 31.5 Å². The smallest absolute Gasteiger partial charge is 0.390 e. The van der Waals surface area contributed by atoms with Gasteiger partial charge in [0, 0.05) is 29.2 Å². The van der Waals surface area contributed by atoms with Crippen molar-refractivity contribution in [2.45, 2.75) is 55.6 Å². The number of likely N-dealkylation sites (tertiary alicyclic amines) is 1. The molecule has 1 heterocycles. The van der Waals surface area contributed by atoms with Crippen molar-refractivity contribution in [1.29, 1.82) is 0 Å². The van der Waals surface area contributed by atoms with Gasteiger partial charge in [-0.05, 0) is 61.6 Å². The molecule has 0 unspecified atom stereocenters. The predicted octanol–water partition coefficient (Wildman–Crippen LogP) is 3.19. The maximum absolute atomic E-state index is 12.9. The van der Waals surface area contributed by atoms with Gasteiger partial charge in [-0.15, -0.1) is 0 Å². The van der Waals surface area contributed by atoms with Crippen molar-refractivity contribution in [3.63, 3.8) is 0 Å². The normalized spacial score (nSPS) is 26.6. The molecule has 1 saturated heterocycles. The van der Waals surface area contributed by atoms with Crippen molar-refractivity contribution >= 4 is 27.7 Å². The Morgan fingerprint density at radius 2 is 1.76 bits per heavy atom. The Bertz CT molecular complexity index is 1120. The highest BCUT2D eigenvalue weighted by atomic mass is 79.9. The lowest BCUT2D eigenvalue weighted by molar-refractivity contribution is -0.137. The molecule has 2 amide bonds. The molecule has 1 aliphatic heterocycles. The number of aliphatic hydroxyl groups excluding tert-OH is 1. The van der Waals surface area contributed by atoms with Gasteiger partial charge in [-0.3, -0.25) is 14.5 Å². The molecule has 0 radical (unpaired) electrons. The van der Waals surface area contributed by atoms with Crippen molar-refractivity contribution in [3.8, 4) is 0 Å². The van der Waals surface area contributed by atoms with E-state index in [9.17, 15) is 33.0 Å². The molecule has 11 heteroatoms. The van der Waals surface area contributed by atoms with Gasteiger partial charge in [0.25, 0.3) is 5.91 Å². The number of aliphatic hydroxyl groups is 2. The second-order valence-electron chi connectivity index (χ2n) is 9.73. The van der Waals surface area contributed by atoms with Gasteiger partial charge in [0.15, 0.2) is 0 Å². The van der Waals surface area contributed by atoms with E-state index in [0.717, 1.165) is 41.1 Å². The topological polar surface area (TPSA) is 102 Å². The second-order valence-corrected chi connectivity index (χ2v) is 10.6. The third-order valence-corrected chi connectivity index (χ3v) is 7.73. The van der Waals surface area contributed by atoms with Crippen LogP contribution in [0.3, 0.4) is 0 Å². The quantitative estimate of drug-likeness (QED) is 0.418. The number of β-amino-alcohol motifs (C(OH)–C–C–N with tert-alkyl or cyclic N) is 1. The maximum Gasteiger partial charge on any atom is 0.416 e. The van der Waals surface area contributed by atoms with Crippen molar-refractivity contribution in [2.24, 2.45) is 0 Å². The van der Waals surface area contributed by atoms with Crippen LogP contribution in [0.4, 0.5) is 13.2 Å². The fourth-order valence-electron chi connectivity index (χ4n) is 5.11. The van der Waals surface area contributed by atoms with E-state index in [1.54, 1.807) is 0 Å². The molecule has 0 spiro atoms. The Labute approximate surface area is 221 Å². The maximum atomic E-state index is 12.9. The molecule has 2 atom stereocenters. The van der Waals surface area contributed by atoms with Gasteiger partial charge in [-0.25, -0.2) is 0 Å². The lowest BCUT2D eigenvalue weighted by Crippen LogP contribution is -2.47. The van der Waals surface area contributed by atoms with E-state index in [1.807, 2.05) is 24.3 Å². The first-order valence-corrected chi connectivity index (χ1v) is 12.9. The molecule has 0 bridgehead atoms. The number of hydrogen-bond donors (Lipinski definition) is 4. The van der Waals surface area contributed by atoms with Gasteiger partial charge >= 0.3 is 6.18 Å². The highest BCUT2D eigenvalue weighted by Gasteiger charge is 2.41. The standard InChI is InChI=1S/C26H29BrF3N3O4/c27-19-6-4-17(5-7-19)25(37)10-8-20(9-11-25)33-14-21(22(34)15-33)32-23(35)13-31-24(36)16-2-1-3-18(12-16)26(28,29)30/h1-7,12,20-22,34,37H,8-11,13-15H2,(H,31,36)(H,32,35)/t20?,21-,22+,25?/m0/s1. The largest absolute Gasteiger partial charge is 0.416 e. The lowest BCUT2D eigenvalue weighted by Gasteiger charge is -2.40. The van der Waals surface area contributed by atoms with Gasteiger partial charge < -0.3 is 20.8 Å². The summed E-state index contributed by atoms with van der Waals surface area (Å²) in [4.78, 5) is 26.7. The number of carbonyl (C=O) groups is 2. The fraction of sp³-hybridized carbons (Fsp3) is 0.462. The van der Waals surface area contributed by atoms with Crippen LogP contribution in [-0.4, -0.2) is 64.7 Å². The zero-order valence-corrected chi connectivity index (χ0v) is 21.6. The minimum absolute atomic E-state index is 0.160. The summed E-state index contributed by atoms with van der Waals surface area (Å²) in [5, 5.41) is 26.7. The monoisotopic (exact) mass is 583 g/mol. The first-order valence-electron chi connectivity index (χ1n) is 12.1. The zero-order valence-electron chi connectivity index (χ0n) is 20.0. The highest BCUT2D eigenvalue weighted by molar-refractivity contribution is 9.10. The molecular weight excluding hydrogens is 555 g/mol. The van der Waals surface area contributed by atoms with Crippen LogP contribution in [0.25, 0.3) is 0 Å². The van der Waals surface area contributed by atoms with Crippen LogP contribution in [0, 0.1) is 0 Å². The van der Waals surface area contributed by atoms with Gasteiger partial charge in [0.2, 0.25) is 5.91 Å². The molecular formula is C26H29BrF3N3O4. The van der Waals surface area contributed by atoms with Crippen LogP contribution in [0.15, 0.2) is 53.0 Å². The molecule has 2 aliphatic rings. The second kappa shape index (κ2) is 11.1. The molecule has 4 N–H and O–H groups in total. The number of carbonyl (C=O) groups excluding carboxylic acids is 2. The number of benzene rings is 2. The van der Waals surface area contributed by atoms with Gasteiger partial charge in [0.1, 0.15) is 0 Å². The van der Waals surface area contributed by atoms with Crippen molar-refractivity contribution in [1.82, 2.24) is 15.5 Å². The van der Waals surface area contributed by atoms with Crippen LogP contribution in [0.1, 0.15) is 47.2 Å². The van der Waals surface area contributed by atoms with Crippen molar-refractivity contribution < 1.29 is 33.0 Å². The highest BCUT2D eigenvalue weighted by Crippen LogP contribution is 2.39. The molecule has 2 aromatic carbocycles. The third-order valence-electron chi connectivity index (χ3n) is 7.21. The summed E-state index contributed by atoms with van der Waals surface area (Å²) in [5.41, 5.74) is -1.15. The number of nitrogens with one attached hydrogen (secondary N) is 2. The summed E-state index contributed by atoms with van der Waals surface area (Å²) >= 11 is 3.41. The molecule has 1 saturated carbocycles. The first kappa shape index (κ1) is 27.6. The summed E-state index contributed by atoms with van der Waals surface area (Å²) in [6.45, 7) is 0.376. The average Bonchev–Trinajstić information content (AvgIpc) is 3.22. The molecule has 37 heavy (non-hydrogen) atoms. The molecule has 0 aromatic heterocycles. The van der Waals surface area contributed by atoms with Crippen LogP contribution in [0.2, 0.25) is 0 Å². The summed E-state index contributed by atoms with van der Waals surface area (Å²) in [6, 6.07) is 11.2. The molecule has 200 valence electrons. The summed E-state index contributed by atoms with van der Waals surface area (Å²) < 4.78 is 39.5. The van der Waals surface area contributed by atoms with E-state index in [4.69, 9.17) is 0 Å². The van der Waals surface area contributed by atoms with Crippen LogP contribution < -0.4 is 10.6 Å². The predicted molar refractivity (Wildman–Crippen MR) is 134 cm³/mol. The van der Waals surface area contributed by atoms with Crippen molar-refractivity contribution in [3.05, 3.63) is 69.7 Å². The molecule has 2 fully saturated rings. The van der Waals surface area contributed by atoms with E-state index < -0.39 is 47.8 Å². The molecule has 1 aliphatic carbocycles. The van der Waals surface area contributed by atoms with Crippen molar-refractivity contribution in [2.75, 3.05) is 19.6 Å². The van der Waals surface area contributed by atoms with Gasteiger partial charge in [0.05, 0.1) is 29.9 Å². The van der Waals surface area contributed by atoms with E-state index in [0.29, 0.717) is 25.9 Å². The fourth-order valence-corrected chi connectivity index (χ4v) is 5.37. The SMILES string of the molecule is O=C(CNC(=O)c1cccc(C(F)(F)F)c1)N[C@H]1CN(C2CCC(O)(c3ccc(Br)cc3)CC2)C[C@H]1O. The Morgan fingerprint density at radius 1 is 1.08 bits per heavy atom. The minimum atomic E-state index is -4.58. The Morgan fingerprint density at radius 3 is 2.41 bits per heavy atom. The number of hydrogen-bond acceptors (Lipinski definition) is 5. The molecule has 4 rings (SSSR count). The van der Waals surface area contributed by atoms with E-state index >= 15 is 0 Å². The summed E-state index contributed by atoms with van der Waals surface area (Å²) in [6.07, 6.45) is -2.71. The average molecular weight is 584 g/mol. The third kappa shape index (κ3) is 6.70. The number of nitrogens with zero attached hydrogens (tertiary/aromatic N) is 1. The Kier molecular flexibility index (Phi) is 8.27. The number of amides is 2. The number of halogens is 4. The van der Waals surface area contributed by atoms with E-state index in [-0.39, 0.29) is 11.6 Å². The van der Waals surface area contributed by atoms with Crippen LogP contribution >= 0.6 is 15.9 Å². The number of alkyl halides is 3. The minimum Gasteiger partial charge on any atom is -0.390 e. The van der Waals surface area contributed by atoms with Crippen LogP contribution in [0.5, 0.6) is 0 Å². The van der Waals surface area contributed by atoms with E-state index in [1.165, 1.54) is 6.07 Å². The van der Waals surface area contributed by atoms with Gasteiger partial charge in [-0.2, -0.15) is 13.2 Å². The first-order chi connectivity index (χ1) is 17.4. The summed E-state index contributed by atoms with van der Waals surface area (Å²) in [7, 11) is 0. The molecule has 2 aromatic rings. The zero-order chi connectivity index (χ0) is 26.8. The lowest BCUT2D eigenvalue weighted by atomic mass is 9.77. The Hall–Kier alpha value is -2.47. The van der Waals surface area contributed by atoms with Crippen LogP contribution in [-0.2, 0) is 16.6 Å². The Balaban J connectivity index is 1.25. The van der Waals surface area contributed by atoms with Gasteiger partial charge in [-0.1, -0.05) is 34.1 Å². The summed E-state index contributed by atoms with van der Waals surface area (Å²) in [5.74, 6) is -1.34.